The van der Waals surface area contributed by atoms with Gasteiger partial charge in [0.1, 0.15) is 28.0 Å². The van der Waals surface area contributed by atoms with Crippen molar-refractivity contribution in [1.29, 1.82) is 0 Å². The van der Waals surface area contributed by atoms with Gasteiger partial charge in [-0.3, -0.25) is 0 Å². The van der Waals surface area contributed by atoms with Gasteiger partial charge in [-0.2, -0.15) is 0 Å². The number of anilines is 2. The van der Waals surface area contributed by atoms with E-state index in [0.29, 0.717) is 17.3 Å². The maximum Gasteiger partial charge on any atom is 0.143 e. The van der Waals surface area contributed by atoms with Crippen LogP contribution in [0.3, 0.4) is 0 Å². The van der Waals surface area contributed by atoms with E-state index < -0.39 is 0 Å². The van der Waals surface area contributed by atoms with E-state index in [0.717, 1.165) is 32.7 Å². The molecule has 0 bridgehead atoms. The zero-order valence-electron chi connectivity index (χ0n) is 15.3. The first-order valence-corrected chi connectivity index (χ1v) is 9.40. The maximum atomic E-state index is 10.2. The number of hydrogen-bond donors (Lipinski definition) is 2. The third kappa shape index (κ3) is 3.31. The zero-order chi connectivity index (χ0) is 19.0. The summed E-state index contributed by atoms with van der Waals surface area (Å²) in [6.07, 6.45) is 0. The van der Waals surface area contributed by atoms with Gasteiger partial charge in [-0.15, -0.1) is 11.3 Å². The van der Waals surface area contributed by atoms with E-state index in [2.05, 4.69) is 20.7 Å². The minimum Gasteiger partial charge on any atom is -0.506 e. The Labute approximate surface area is 161 Å². The number of phenolic OH excluding ortho intramolecular Hbond substituents is 1. The summed E-state index contributed by atoms with van der Waals surface area (Å²) in [4.78, 5) is 10.1. The molecule has 0 aliphatic rings. The van der Waals surface area contributed by atoms with Gasteiger partial charge in [0.25, 0.3) is 0 Å². The Morgan fingerprint density at radius 1 is 1.04 bits per heavy atom. The number of aromatic nitrogens is 2. The van der Waals surface area contributed by atoms with Crippen LogP contribution in [0.1, 0.15) is 11.4 Å². The van der Waals surface area contributed by atoms with E-state index in [1.165, 1.54) is 0 Å². The van der Waals surface area contributed by atoms with Gasteiger partial charge >= 0.3 is 0 Å². The van der Waals surface area contributed by atoms with E-state index in [4.69, 9.17) is 4.74 Å². The van der Waals surface area contributed by atoms with E-state index in [1.807, 2.05) is 50.2 Å². The van der Waals surface area contributed by atoms with E-state index in [1.54, 1.807) is 24.5 Å². The smallest absolute Gasteiger partial charge is 0.143 e. The van der Waals surface area contributed by atoms with Crippen LogP contribution in [0.5, 0.6) is 11.5 Å². The van der Waals surface area contributed by atoms with Crippen LogP contribution >= 0.6 is 11.3 Å². The molecule has 2 N–H and O–H groups in total. The standard InChI is InChI=1S/C21H19N3O2S/c1-12-4-9-18(25)17(10-12)24-20-19-16(11-27-21(19)23-13(2)22-20)14-5-7-15(26-3)8-6-14/h4-11,25H,1-3H3,(H,22,23,24). The Morgan fingerprint density at radius 3 is 2.56 bits per heavy atom. The lowest BCUT2D eigenvalue weighted by Crippen LogP contribution is -1.99. The molecule has 2 aromatic heterocycles. The molecule has 2 heterocycles. The van der Waals surface area contributed by atoms with Crippen molar-refractivity contribution in [2.24, 2.45) is 0 Å². The second-order valence-electron chi connectivity index (χ2n) is 6.32. The van der Waals surface area contributed by atoms with Crippen molar-refractivity contribution in [3.8, 4) is 22.6 Å². The molecule has 5 nitrogen and oxygen atoms in total. The van der Waals surface area contributed by atoms with Crippen molar-refractivity contribution < 1.29 is 9.84 Å². The molecule has 0 spiro atoms. The highest BCUT2D eigenvalue weighted by atomic mass is 32.1. The topological polar surface area (TPSA) is 67.3 Å². The summed E-state index contributed by atoms with van der Waals surface area (Å²) in [5.41, 5.74) is 3.79. The predicted molar refractivity (Wildman–Crippen MR) is 110 cm³/mol. The van der Waals surface area contributed by atoms with Gasteiger partial charge in [0.05, 0.1) is 18.2 Å². The van der Waals surface area contributed by atoms with Crippen LogP contribution < -0.4 is 10.1 Å². The fourth-order valence-corrected chi connectivity index (χ4v) is 3.99. The third-order valence-electron chi connectivity index (χ3n) is 4.35. The lowest BCUT2D eigenvalue weighted by atomic mass is 10.1. The molecule has 0 aliphatic heterocycles. The van der Waals surface area contributed by atoms with Gasteiger partial charge in [-0.25, -0.2) is 9.97 Å². The van der Waals surface area contributed by atoms with Crippen LogP contribution in [0.15, 0.2) is 47.8 Å². The number of thiophene rings is 1. The van der Waals surface area contributed by atoms with Crippen LogP contribution in [0.4, 0.5) is 11.5 Å². The summed E-state index contributed by atoms with van der Waals surface area (Å²) in [7, 11) is 1.65. The molecule has 0 saturated carbocycles. The summed E-state index contributed by atoms with van der Waals surface area (Å²) in [6.45, 7) is 3.85. The Kier molecular flexibility index (Phi) is 4.41. The number of hydrogen-bond acceptors (Lipinski definition) is 6. The molecule has 0 amide bonds. The number of aryl methyl sites for hydroxylation is 2. The van der Waals surface area contributed by atoms with Crippen molar-refractivity contribution in [1.82, 2.24) is 9.97 Å². The number of ether oxygens (including phenoxy) is 1. The molecular formula is C21H19N3O2S. The molecule has 6 heteroatoms. The first-order valence-electron chi connectivity index (χ1n) is 8.52. The summed E-state index contributed by atoms with van der Waals surface area (Å²) in [5.74, 6) is 2.37. The fraction of sp³-hybridized carbons (Fsp3) is 0.143. The molecule has 4 rings (SSSR count). The molecule has 2 aromatic carbocycles. The summed E-state index contributed by atoms with van der Waals surface area (Å²) < 4.78 is 5.25. The molecule has 4 aromatic rings. The Bertz CT molecular complexity index is 1120. The average molecular weight is 377 g/mol. The van der Waals surface area contributed by atoms with E-state index >= 15 is 0 Å². The molecule has 136 valence electrons. The maximum absolute atomic E-state index is 10.2. The van der Waals surface area contributed by atoms with Gasteiger partial charge in [-0.05, 0) is 49.2 Å². The molecule has 27 heavy (non-hydrogen) atoms. The number of nitrogens with zero attached hydrogens (tertiary/aromatic N) is 2. The first-order chi connectivity index (χ1) is 13.0. The van der Waals surface area contributed by atoms with E-state index in [-0.39, 0.29) is 5.75 Å². The second-order valence-corrected chi connectivity index (χ2v) is 7.18. The molecule has 0 atom stereocenters. The highest BCUT2D eigenvalue weighted by Gasteiger charge is 2.16. The van der Waals surface area contributed by atoms with Crippen molar-refractivity contribution in [2.75, 3.05) is 12.4 Å². The lowest BCUT2D eigenvalue weighted by molar-refractivity contribution is 0.415. The van der Waals surface area contributed by atoms with Crippen molar-refractivity contribution in [3.05, 3.63) is 59.2 Å². The van der Waals surface area contributed by atoms with Gasteiger partial charge in [0, 0.05) is 10.9 Å². The molecule has 0 fully saturated rings. The van der Waals surface area contributed by atoms with Crippen LogP contribution in [0.25, 0.3) is 21.3 Å². The minimum absolute atomic E-state index is 0.186. The number of nitrogens with one attached hydrogen (secondary N) is 1. The van der Waals surface area contributed by atoms with Gasteiger partial charge < -0.3 is 15.2 Å². The second kappa shape index (κ2) is 6.89. The van der Waals surface area contributed by atoms with Gasteiger partial charge in [-0.1, -0.05) is 18.2 Å². The van der Waals surface area contributed by atoms with Crippen molar-refractivity contribution in [3.63, 3.8) is 0 Å². The quantitative estimate of drug-likeness (QED) is 0.464. The fourth-order valence-electron chi connectivity index (χ4n) is 3.00. The molecule has 0 saturated heterocycles. The predicted octanol–water partition coefficient (Wildman–Crippen LogP) is 5.43. The van der Waals surface area contributed by atoms with Crippen LogP contribution in [0, 0.1) is 13.8 Å². The summed E-state index contributed by atoms with van der Waals surface area (Å²) in [6, 6.07) is 13.4. The van der Waals surface area contributed by atoms with Gasteiger partial charge in [0.2, 0.25) is 0 Å². The Hall–Kier alpha value is -3.12. The number of phenols is 1. The number of aromatic hydroxyl groups is 1. The van der Waals surface area contributed by atoms with Crippen LogP contribution in [-0.2, 0) is 0 Å². The first kappa shape index (κ1) is 17.3. The number of rotatable bonds is 4. The molecule has 0 radical (unpaired) electrons. The van der Waals surface area contributed by atoms with Crippen molar-refractivity contribution in [2.45, 2.75) is 13.8 Å². The largest absolute Gasteiger partial charge is 0.506 e. The highest BCUT2D eigenvalue weighted by Crippen LogP contribution is 2.39. The molecular weight excluding hydrogens is 358 g/mol. The SMILES string of the molecule is COc1ccc(-c2csc3nc(C)nc(Nc4cc(C)ccc4O)c23)cc1. The van der Waals surface area contributed by atoms with Crippen LogP contribution in [-0.4, -0.2) is 22.2 Å². The molecule has 0 aliphatic carbocycles. The molecule has 0 unspecified atom stereocenters. The summed E-state index contributed by atoms with van der Waals surface area (Å²) in [5, 5.41) is 16.5. The zero-order valence-corrected chi connectivity index (χ0v) is 16.1. The number of fused-ring (bicyclic) bond motifs is 1. The Morgan fingerprint density at radius 2 is 1.81 bits per heavy atom. The lowest BCUT2D eigenvalue weighted by Gasteiger charge is -2.12. The average Bonchev–Trinajstić information content (AvgIpc) is 3.08. The Balaban J connectivity index is 1.86. The van der Waals surface area contributed by atoms with Crippen LogP contribution in [0.2, 0.25) is 0 Å². The normalized spacial score (nSPS) is 10.9. The highest BCUT2D eigenvalue weighted by molar-refractivity contribution is 7.17. The minimum atomic E-state index is 0.186. The van der Waals surface area contributed by atoms with Crippen molar-refractivity contribution >= 4 is 33.1 Å². The third-order valence-corrected chi connectivity index (χ3v) is 5.22. The monoisotopic (exact) mass is 377 g/mol. The number of benzene rings is 2. The van der Waals surface area contributed by atoms with E-state index in [9.17, 15) is 5.11 Å². The number of methoxy groups -OCH3 is 1. The van der Waals surface area contributed by atoms with Gasteiger partial charge in [0.15, 0.2) is 0 Å². The summed E-state index contributed by atoms with van der Waals surface area (Å²) >= 11 is 1.58.